The number of anilines is 1. The Morgan fingerprint density at radius 2 is 2.29 bits per heavy atom. The van der Waals surface area contributed by atoms with E-state index in [9.17, 15) is 0 Å². The molecule has 0 radical (unpaired) electrons. The monoisotopic (exact) mass is 304 g/mol. The number of benzene rings is 1. The van der Waals surface area contributed by atoms with Crippen LogP contribution in [0.1, 0.15) is 18.3 Å². The fourth-order valence-electron chi connectivity index (χ4n) is 2.57. The first-order valence-electron chi connectivity index (χ1n) is 7.19. The smallest absolute Gasteiger partial charge is 0.205 e. The first kappa shape index (κ1) is 14.3. The number of hydrogen-bond acceptors (Lipinski definition) is 6. The van der Waals surface area contributed by atoms with Crippen LogP contribution in [0, 0.1) is 0 Å². The van der Waals surface area contributed by atoms with Gasteiger partial charge >= 0.3 is 0 Å². The van der Waals surface area contributed by atoms with Crippen molar-refractivity contribution in [3.8, 4) is 5.75 Å². The summed E-state index contributed by atoms with van der Waals surface area (Å²) in [6.07, 6.45) is 0.710. The molecule has 0 aliphatic carbocycles. The van der Waals surface area contributed by atoms with Crippen LogP contribution in [0.4, 0.5) is 5.13 Å². The minimum absolute atomic E-state index is 0.500. The fraction of sp³-hybridized carbons (Fsp3) is 0.467. The minimum Gasteiger partial charge on any atom is -0.496 e. The van der Waals surface area contributed by atoms with E-state index < -0.39 is 0 Å². The van der Waals surface area contributed by atoms with Crippen molar-refractivity contribution in [3.63, 3.8) is 0 Å². The maximum atomic E-state index is 5.38. The summed E-state index contributed by atoms with van der Waals surface area (Å²) in [4.78, 5) is 7.00. The van der Waals surface area contributed by atoms with Gasteiger partial charge < -0.3 is 15.0 Å². The topological polar surface area (TPSA) is 50.3 Å². The highest BCUT2D eigenvalue weighted by Gasteiger charge is 2.19. The standard InChI is InChI=1S/C15H20N4OS/c1-11-10-19(8-7-16-11)15-17-14(18-21-15)9-12-5-3-4-6-13(12)20-2/h3-6,11,16H,7-10H2,1-2H3. The fourth-order valence-corrected chi connectivity index (χ4v) is 3.29. The van der Waals surface area contributed by atoms with Gasteiger partial charge in [0.25, 0.3) is 0 Å². The van der Waals surface area contributed by atoms with Crippen molar-refractivity contribution in [2.75, 3.05) is 31.6 Å². The molecule has 2 heterocycles. The van der Waals surface area contributed by atoms with Gasteiger partial charge in [-0.1, -0.05) is 18.2 Å². The Morgan fingerprint density at radius 1 is 1.43 bits per heavy atom. The Balaban J connectivity index is 1.73. The van der Waals surface area contributed by atoms with Gasteiger partial charge in [0, 0.05) is 49.2 Å². The number of piperazine rings is 1. The largest absolute Gasteiger partial charge is 0.496 e. The Bertz CT molecular complexity index is 601. The summed E-state index contributed by atoms with van der Waals surface area (Å²) >= 11 is 1.49. The summed E-state index contributed by atoms with van der Waals surface area (Å²) < 4.78 is 9.88. The zero-order valence-corrected chi connectivity index (χ0v) is 13.2. The summed E-state index contributed by atoms with van der Waals surface area (Å²) in [7, 11) is 1.70. The molecule has 0 saturated carbocycles. The zero-order chi connectivity index (χ0) is 14.7. The molecule has 1 aromatic carbocycles. The average molecular weight is 304 g/mol. The quantitative estimate of drug-likeness (QED) is 0.935. The number of nitrogens with one attached hydrogen (secondary N) is 1. The van der Waals surface area contributed by atoms with Crippen LogP contribution in [0.25, 0.3) is 0 Å². The molecule has 1 aromatic heterocycles. The maximum Gasteiger partial charge on any atom is 0.205 e. The molecule has 2 aromatic rings. The van der Waals surface area contributed by atoms with Crippen molar-refractivity contribution in [2.45, 2.75) is 19.4 Å². The number of methoxy groups -OCH3 is 1. The average Bonchev–Trinajstić information content (AvgIpc) is 2.96. The van der Waals surface area contributed by atoms with Crippen LogP contribution >= 0.6 is 11.5 Å². The van der Waals surface area contributed by atoms with Gasteiger partial charge in [-0.3, -0.25) is 0 Å². The predicted molar refractivity (Wildman–Crippen MR) is 85.4 cm³/mol. The lowest BCUT2D eigenvalue weighted by Crippen LogP contribution is -2.49. The van der Waals surface area contributed by atoms with E-state index in [1.807, 2.05) is 18.2 Å². The molecule has 112 valence electrons. The molecular weight excluding hydrogens is 284 g/mol. The van der Waals surface area contributed by atoms with E-state index in [0.29, 0.717) is 12.5 Å². The molecule has 1 aliphatic heterocycles. The molecule has 1 fully saturated rings. The lowest BCUT2D eigenvalue weighted by molar-refractivity contribution is 0.410. The summed E-state index contributed by atoms with van der Waals surface area (Å²) in [5, 5.41) is 4.46. The molecule has 21 heavy (non-hydrogen) atoms. The summed E-state index contributed by atoms with van der Waals surface area (Å²) in [6.45, 7) is 5.18. The van der Waals surface area contributed by atoms with Crippen molar-refractivity contribution >= 4 is 16.7 Å². The van der Waals surface area contributed by atoms with Crippen molar-refractivity contribution in [1.29, 1.82) is 0 Å². The second-order valence-corrected chi connectivity index (χ2v) is 6.01. The van der Waals surface area contributed by atoms with E-state index in [2.05, 4.69) is 32.6 Å². The molecule has 6 heteroatoms. The Morgan fingerprint density at radius 3 is 3.10 bits per heavy atom. The van der Waals surface area contributed by atoms with Gasteiger partial charge in [-0.05, 0) is 13.0 Å². The number of aromatic nitrogens is 2. The summed E-state index contributed by atoms with van der Waals surface area (Å²) in [5.41, 5.74) is 1.12. The predicted octanol–water partition coefficient (Wildman–Crippen LogP) is 1.94. The van der Waals surface area contributed by atoms with Crippen LogP contribution in [0.15, 0.2) is 24.3 Å². The van der Waals surface area contributed by atoms with Crippen LogP contribution in [0.3, 0.4) is 0 Å². The molecule has 0 amide bonds. The maximum absolute atomic E-state index is 5.38. The van der Waals surface area contributed by atoms with Gasteiger partial charge in [0.2, 0.25) is 5.13 Å². The van der Waals surface area contributed by atoms with E-state index in [-0.39, 0.29) is 0 Å². The first-order valence-corrected chi connectivity index (χ1v) is 7.96. The molecule has 5 nitrogen and oxygen atoms in total. The van der Waals surface area contributed by atoms with E-state index >= 15 is 0 Å². The number of nitrogens with zero attached hydrogens (tertiary/aromatic N) is 3. The molecule has 1 aliphatic rings. The van der Waals surface area contributed by atoms with Gasteiger partial charge in [0.05, 0.1) is 7.11 Å². The molecule has 3 rings (SSSR count). The number of ether oxygens (including phenoxy) is 1. The van der Waals surface area contributed by atoms with Gasteiger partial charge in [0.1, 0.15) is 11.6 Å². The summed E-state index contributed by atoms with van der Waals surface area (Å²) in [6, 6.07) is 8.53. The zero-order valence-electron chi connectivity index (χ0n) is 12.4. The third-order valence-corrected chi connectivity index (χ3v) is 4.45. The Hall–Kier alpha value is -1.66. The van der Waals surface area contributed by atoms with Gasteiger partial charge in [-0.2, -0.15) is 4.37 Å². The van der Waals surface area contributed by atoms with Gasteiger partial charge in [-0.25, -0.2) is 4.98 Å². The van der Waals surface area contributed by atoms with Crippen LogP contribution in [0.5, 0.6) is 5.75 Å². The second-order valence-electron chi connectivity index (χ2n) is 5.28. The van der Waals surface area contributed by atoms with E-state index in [1.165, 1.54) is 11.5 Å². The molecule has 0 bridgehead atoms. The number of hydrogen-bond donors (Lipinski definition) is 1. The lowest BCUT2D eigenvalue weighted by atomic mass is 10.1. The highest BCUT2D eigenvalue weighted by molar-refractivity contribution is 7.09. The Kier molecular flexibility index (Phi) is 4.36. The molecule has 1 unspecified atom stereocenters. The van der Waals surface area contributed by atoms with E-state index in [4.69, 9.17) is 4.74 Å². The molecular formula is C15H20N4OS. The molecule has 1 N–H and O–H groups in total. The highest BCUT2D eigenvalue weighted by atomic mass is 32.1. The van der Waals surface area contributed by atoms with Crippen molar-refractivity contribution in [2.24, 2.45) is 0 Å². The highest BCUT2D eigenvalue weighted by Crippen LogP contribution is 2.23. The van der Waals surface area contributed by atoms with Crippen molar-refractivity contribution < 1.29 is 4.74 Å². The van der Waals surface area contributed by atoms with Crippen molar-refractivity contribution in [3.05, 3.63) is 35.7 Å². The van der Waals surface area contributed by atoms with Crippen LogP contribution in [-0.2, 0) is 6.42 Å². The Labute approximate surface area is 129 Å². The molecule has 1 atom stereocenters. The van der Waals surface area contributed by atoms with Gasteiger partial charge in [-0.15, -0.1) is 0 Å². The van der Waals surface area contributed by atoms with E-state index in [0.717, 1.165) is 41.9 Å². The third kappa shape index (κ3) is 3.33. The second kappa shape index (κ2) is 6.41. The summed E-state index contributed by atoms with van der Waals surface area (Å²) in [5.74, 6) is 1.76. The molecule has 0 spiro atoms. The van der Waals surface area contributed by atoms with Crippen molar-refractivity contribution in [1.82, 2.24) is 14.7 Å². The van der Waals surface area contributed by atoms with Gasteiger partial charge in [0.15, 0.2) is 0 Å². The lowest BCUT2D eigenvalue weighted by Gasteiger charge is -2.31. The number of para-hydroxylation sites is 1. The minimum atomic E-state index is 0.500. The van der Waals surface area contributed by atoms with Crippen LogP contribution in [0.2, 0.25) is 0 Å². The van der Waals surface area contributed by atoms with Crippen LogP contribution in [-0.4, -0.2) is 42.1 Å². The van der Waals surface area contributed by atoms with E-state index in [1.54, 1.807) is 7.11 Å². The SMILES string of the molecule is COc1ccccc1Cc1nsc(N2CCNC(C)C2)n1. The third-order valence-electron chi connectivity index (χ3n) is 3.64. The van der Waals surface area contributed by atoms with Crippen LogP contribution < -0.4 is 15.0 Å². The number of rotatable bonds is 4. The molecule has 1 saturated heterocycles. The normalized spacial score (nSPS) is 18.8. The first-order chi connectivity index (χ1) is 10.3.